The molecule has 0 saturated heterocycles. The van der Waals surface area contributed by atoms with Gasteiger partial charge in [-0.1, -0.05) is 13.0 Å². The Morgan fingerprint density at radius 3 is 2.44 bits per heavy atom. The van der Waals surface area contributed by atoms with Crippen molar-refractivity contribution in [3.05, 3.63) is 23.8 Å². The van der Waals surface area contributed by atoms with E-state index >= 15 is 0 Å². The molecule has 0 fully saturated rings. The maximum atomic E-state index is 12.2. The standard InChI is InChI=1S/C11H16F2N2O2S/c1-3-8-4-5-9(6-10(8)14)18(16,17)15(2)7-11(12)13/h4-6,11H,3,7,14H2,1-2H3. The molecule has 0 bridgehead atoms. The molecule has 4 nitrogen and oxygen atoms in total. The van der Waals surface area contributed by atoms with E-state index in [1.807, 2.05) is 6.92 Å². The van der Waals surface area contributed by atoms with Gasteiger partial charge in [-0.2, -0.15) is 4.31 Å². The molecule has 102 valence electrons. The zero-order chi connectivity index (χ0) is 13.9. The topological polar surface area (TPSA) is 63.4 Å². The largest absolute Gasteiger partial charge is 0.398 e. The van der Waals surface area contributed by atoms with Crippen LogP contribution in [0.2, 0.25) is 0 Å². The molecule has 1 aromatic carbocycles. The minimum atomic E-state index is -3.91. The normalized spacial score (nSPS) is 12.3. The molecule has 0 spiro atoms. The number of alkyl halides is 2. The van der Waals surface area contributed by atoms with Crippen molar-refractivity contribution in [3.63, 3.8) is 0 Å². The Balaban J connectivity index is 3.09. The van der Waals surface area contributed by atoms with Crippen LogP contribution in [0.1, 0.15) is 12.5 Å². The summed E-state index contributed by atoms with van der Waals surface area (Å²) in [6.07, 6.45) is -2.03. The van der Waals surface area contributed by atoms with Crippen molar-refractivity contribution in [3.8, 4) is 0 Å². The van der Waals surface area contributed by atoms with Crippen molar-refractivity contribution in [2.45, 2.75) is 24.7 Å². The van der Waals surface area contributed by atoms with E-state index in [1.165, 1.54) is 12.1 Å². The Morgan fingerprint density at radius 1 is 1.39 bits per heavy atom. The van der Waals surface area contributed by atoms with E-state index < -0.39 is 23.0 Å². The van der Waals surface area contributed by atoms with E-state index in [-0.39, 0.29) is 4.90 Å². The van der Waals surface area contributed by atoms with Crippen molar-refractivity contribution in [1.82, 2.24) is 4.31 Å². The highest BCUT2D eigenvalue weighted by molar-refractivity contribution is 7.89. The van der Waals surface area contributed by atoms with Crippen LogP contribution >= 0.6 is 0 Å². The highest BCUT2D eigenvalue weighted by Gasteiger charge is 2.23. The fourth-order valence-corrected chi connectivity index (χ4v) is 2.71. The zero-order valence-corrected chi connectivity index (χ0v) is 11.0. The number of halogens is 2. The van der Waals surface area contributed by atoms with Gasteiger partial charge in [0.1, 0.15) is 0 Å². The molecule has 0 radical (unpaired) electrons. The Morgan fingerprint density at radius 2 is 2.00 bits per heavy atom. The van der Waals surface area contributed by atoms with Crippen molar-refractivity contribution >= 4 is 15.7 Å². The molecule has 0 aliphatic carbocycles. The highest BCUT2D eigenvalue weighted by atomic mass is 32.2. The molecule has 0 aliphatic heterocycles. The highest BCUT2D eigenvalue weighted by Crippen LogP contribution is 2.21. The molecule has 1 aromatic rings. The fraction of sp³-hybridized carbons (Fsp3) is 0.455. The molecule has 0 atom stereocenters. The number of benzene rings is 1. The first kappa shape index (κ1) is 14.8. The lowest BCUT2D eigenvalue weighted by molar-refractivity contribution is 0.126. The Labute approximate surface area is 105 Å². The van der Waals surface area contributed by atoms with Crippen LogP contribution in [-0.4, -0.2) is 32.7 Å². The summed E-state index contributed by atoms with van der Waals surface area (Å²) in [4.78, 5) is -0.0691. The average Bonchev–Trinajstić information content (AvgIpc) is 2.27. The third-order valence-electron chi connectivity index (χ3n) is 2.60. The van der Waals surface area contributed by atoms with Gasteiger partial charge in [0.2, 0.25) is 10.0 Å². The summed E-state index contributed by atoms with van der Waals surface area (Å²) in [6, 6.07) is 4.28. The molecule has 0 saturated carbocycles. The van der Waals surface area contributed by atoms with Crippen molar-refractivity contribution in [2.24, 2.45) is 0 Å². The molecule has 0 aromatic heterocycles. The van der Waals surface area contributed by atoms with Gasteiger partial charge in [0.05, 0.1) is 11.4 Å². The number of anilines is 1. The van der Waals surface area contributed by atoms with Gasteiger partial charge in [0.15, 0.2) is 0 Å². The summed E-state index contributed by atoms with van der Waals surface area (Å²) < 4.78 is 48.9. The zero-order valence-electron chi connectivity index (χ0n) is 10.2. The predicted molar refractivity (Wildman–Crippen MR) is 66.1 cm³/mol. The molecular formula is C11H16F2N2O2S. The molecule has 7 heteroatoms. The molecule has 18 heavy (non-hydrogen) atoms. The minimum Gasteiger partial charge on any atom is -0.398 e. The van der Waals surface area contributed by atoms with Gasteiger partial charge in [-0.25, -0.2) is 17.2 Å². The molecule has 0 heterocycles. The summed E-state index contributed by atoms with van der Waals surface area (Å²) in [5, 5.41) is 0. The third-order valence-corrected chi connectivity index (χ3v) is 4.42. The van der Waals surface area contributed by atoms with Crippen LogP contribution in [-0.2, 0) is 16.4 Å². The van der Waals surface area contributed by atoms with Crippen molar-refractivity contribution < 1.29 is 17.2 Å². The van der Waals surface area contributed by atoms with Crippen LogP contribution in [0, 0.1) is 0 Å². The van der Waals surface area contributed by atoms with Gasteiger partial charge >= 0.3 is 0 Å². The number of hydrogen-bond acceptors (Lipinski definition) is 3. The second kappa shape index (κ2) is 5.62. The number of nitrogens with two attached hydrogens (primary N) is 1. The van der Waals surface area contributed by atoms with Crippen LogP contribution in [0.15, 0.2) is 23.1 Å². The van der Waals surface area contributed by atoms with Gasteiger partial charge in [0.25, 0.3) is 6.43 Å². The fourth-order valence-electron chi connectivity index (χ4n) is 1.53. The number of nitrogens with zero attached hydrogens (tertiary/aromatic N) is 1. The van der Waals surface area contributed by atoms with Gasteiger partial charge in [-0.05, 0) is 24.1 Å². The summed E-state index contributed by atoms with van der Waals surface area (Å²) >= 11 is 0. The first-order valence-electron chi connectivity index (χ1n) is 5.42. The van der Waals surface area contributed by atoms with E-state index in [0.717, 1.165) is 12.6 Å². The van der Waals surface area contributed by atoms with Gasteiger partial charge in [-0.15, -0.1) is 0 Å². The maximum Gasteiger partial charge on any atom is 0.252 e. The number of hydrogen-bond donors (Lipinski definition) is 1. The lowest BCUT2D eigenvalue weighted by atomic mass is 10.1. The summed E-state index contributed by atoms with van der Waals surface area (Å²) in [7, 11) is -2.79. The van der Waals surface area contributed by atoms with Crippen LogP contribution in [0.4, 0.5) is 14.5 Å². The predicted octanol–water partition coefficient (Wildman–Crippen LogP) is 1.72. The molecule has 0 unspecified atom stereocenters. The smallest absolute Gasteiger partial charge is 0.252 e. The van der Waals surface area contributed by atoms with E-state index in [2.05, 4.69) is 0 Å². The quantitative estimate of drug-likeness (QED) is 0.834. The Hall–Kier alpha value is -1.21. The number of aryl methyl sites for hydroxylation is 1. The number of rotatable bonds is 5. The SMILES string of the molecule is CCc1ccc(S(=O)(=O)N(C)CC(F)F)cc1N. The molecular weight excluding hydrogens is 262 g/mol. The molecule has 0 amide bonds. The Kier molecular flexibility index (Phi) is 4.64. The lowest BCUT2D eigenvalue weighted by Crippen LogP contribution is -2.31. The van der Waals surface area contributed by atoms with Crippen molar-refractivity contribution in [2.75, 3.05) is 19.3 Å². The van der Waals surface area contributed by atoms with Crippen LogP contribution < -0.4 is 5.73 Å². The van der Waals surface area contributed by atoms with Gasteiger partial charge in [0, 0.05) is 12.7 Å². The Bertz CT molecular complexity index is 518. The second-order valence-electron chi connectivity index (χ2n) is 3.89. The average molecular weight is 278 g/mol. The number of sulfonamides is 1. The first-order chi connectivity index (χ1) is 8.28. The van der Waals surface area contributed by atoms with Crippen LogP contribution in [0.25, 0.3) is 0 Å². The summed E-state index contributed by atoms with van der Waals surface area (Å²) in [5.41, 5.74) is 6.87. The van der Waals surface area contributed by atoms with Crippen LogP contribution in [0.5, 0.6) is 0 Å². The minimum absolute atomic E-state index is 0.0691. The third kappa shape index (κ3) is 3.17. The van der Waals surface area contributed by atoms with Gasteiger partial charge < -0.3 is 5.73 Å². The monoisotopic (exact) mass is 278 g/mol. The van der Waals surface area contributed by atoms with Gasteiger partial charge in [-0.3, -0.25) is 0 Å². The summed E-state index contributed by atoms with van der Waals surface area (Å²) in [6.45, 7) is 1.06. The maximum absolute atomic E-state index is 12.2. The van der Waals surface area contributed by atoms with E-state index in [1.54, 1.807) is 6.07 Å². The van der Waals surface area contributed by atoms with E-state index in [4.69, 9.17) is 5.73 Å². The molecule has 1 rings (SSSR count). The molecule has 2 N–H and O–H groups in total. The number of nitrogen functional groups attached to an aromatic ring is 1. The summed E-state index contributed by atoms with van der Waals surface area (Å²) in [5.74, 6) is 0. The van der Waals surface area contributed by atoms with E-state index in [0.29, 0.717) is 16.4 Å². The van der Waals surface area contributed by atoms with Crippen molar-refractivity contribution in [1.29, 1.82) is 0 Å². The first-order valence-corrected chi connectivity index (χ1v) is 6.86. The van der Waals surface area contributed by atoms with Crippen LogP contribution in [0.3, 0.4) is 0 Å². The van der Waals surface area contributed by atoms with E-state index in [9.17, 15) is 17.2 Å². The molecule has 0 aliphatic rings. The second-order valence-corrected chi connectivity index (χ2v) is 5.94. The lowest BCUT2D eigenvalue weighted by Gasteiger charge is -2.17.